The van der Waals surface area contributed by atoms with Gasteiger partial charge in [0.1, 0.15) is 6.07 Å². The summed E-state index contributed by atoms with van der Waals surface area (Å²) in [5, 5.41) is 22.3. The van der Waals surface area contributed by atoms with Gasteiger partial charge in [-0.05, 0) is 42.9 Å². The molecule has 0 aliphatic heterocycles. The fourth-order valence-corrected chi connectivity index (χ4v) is 2.86. The van der Waals surface area contributed by atoms with Crippen molar-refractivity contribution < 1.29 is 5.11 Å². The maximum absolute atomic E-state index is 9.12. The van der Waals surface area contributed by atoms with Gasteiger partial charge >= 0.3 is 0 Å². The molecule has 4 nitrogen and oxygen atoms in total. The van der Waals surface area contributed by atoms with Gasteiger partial charge in [-0.3, -0.25) is 4.68 Å². The van der Waals surface area contributed by atoms with Crippen LogP contribution in [0.4, 0.5) is 0 Å². The fourth-order valence-electron chi connectivity index (χ4n) is 2.86. The number of rotatable bonds is 3. The first-order valence-corrected chi connectivity index (χ1v) is 7.03. The summed E-state index contributed by atoms with van der Waals surface area (Å²) in [6.45, 7) is 0.429. The molecule has 1 aromatic carbocycles. The highest BCUT2D eigenvalue weighted by molar-refractivity contribution is 5.63. The second-order valence-electron chi connectivity index (χ2n) is 5.16. The van der Waals surface area contributed by atoms with Crippen molar-refractivity contribution in [1.29, 1.82) is 5.26 Å². The van der Waals surface area contributed by atoms with E-state index in [0.717, 1.165) is 24.1 Å². The number of hydrogen-bond acceptors (Lipinski definition) is 3. The molecule has 0 unspecified atom stereocenters. The number of benzene rings is 1. The summed E-state index contributed by atoms with van der Waals surface area (Å²) in [5.41, 5.74) is 5.22. The van der Waals surface area contributed by atoms with E-state index in [4.69, 9.17) is 10.4 Å². The van der Waals surface area contributed by atoms with E-state index in [1.165, 1.54) is 24.0 Å². The van der Waals surface area contributed by atoms with Crippen LogP contribution in [-0.2, 0) is 19.4 Å². The van der Waals surface area contributed by atoms with Crippen molar-refractivity contribution in [3.63, 3.8) is 0 Å². The molecule has 2 aromatic rings. The molecule has 3 rings (SSSR count). The maximum Gasteiger partial charge on any atom is 0.163 e. The first-order valence-electron chi connectivity index (χ1n) is 7.03. The van der Waals surface area contributed by atoms with Crippen LogP contribution in [0, 0.1) is 11.3 Å². The minimum absolute atomic E-state index is 0.0183. The quantitative estimate of drug-likeness (QED) is 0.928. The summed E-state index contributed by atoms with van der Waals surface area (Å²) in [6.07, 6.45) is 4.81. The Bertz CT molecular complexity index is 667. The molecule has 102 valence electrons. The van der Waals surface area contributed by atoms with Gasteiger partial charge in [-0.2, -0.15) is 10.4 Å². The van der Waals surface area contributed by atoms with Crippen LogP contribution in [0.25, 0.3) is 11.3 Å². The molecule has 1 aliphatic carbocycles. The van der Waals surface area contributed by atoms with Crippen LogP contribution >= 0.6 is 0 Å². The molecule has 1 N–H and O–H groups in total. The van der Waals surface area contributed by atoms with Crippen LogP contribution in [0.1, 0.15) is 29.7 Å². The largest absolute Gasteiger partial charge is 0.394 e. The van der Waals surface area contributed by atoms with E-state index in [9.17, 15) is 0 Å². The Labute approximate surface area is 118 Å². The number of hydrogen-bond donors (Lipinski definition) is 1. The average Bonchev–Trinajstić information content (AvgIpc) is 2.90. The van der Waals surface area contributed by atoms with Gasteiger partial charge < -0.3 is 5.11 Å². The van der Waals surface area contributed by atoms with Gasteiger partial charge in [-0.25, -0.2) is 0 Å². The topological polar surface area (TPSA) is 61.8 Å². The zero-order chi connectivity index (χ0) is 13.9. The van der Waals surface area contributed by atoms with Crippen LogP contribution in [0.3, 0.4) is 0 Å². The third-order valence-corrected chi connectivity index (χ3v) is 3.85. The Morgan fingerprint density at radius 2 is 2.00 bits per heavy atom. The average molecular weight is 267 g/mol. The molecule has 1 aromatic heterocycles. The second kappa shape index (κ2) is 5.48. The first kappa shape index (κ1) is 12.9. The van der Waals surface area contributed by atoms with Crippen LogP contribution in [-0.4, -0.2) is 21.5 Å². The molecule has 0 radical (unpaired) electrons. The Kier molecular flexibility index (Phi) is 3.53. The van der Waals surface area contributed by atoms with Crippen LogP contribution in [0.5, 0.6) is 0 Å². The van der Waals surface area contributed by atoms with E-state index in [-0.39, 0.29) is 6.61 Å². The minimum atomic E-state index is 0.0183. The smallest absolute Gasteiger partial charge is 0.163 e. The Balaban J connectivity index is 2.04. The molecular weight excluding hydrogens is 250 g/mol. The van der Waals surface area contributed by atoms with E-state index in [1.54, 1.807) is 10.7 Å². The molecule has 0 spiro atoms. The highest BCUT2D eigenvalue weighted by atomic mass is 16.3. The van der Waals surface area contributed by atoms with Crippen LogP contribution < -0.4 is 0 Å². The summed E-state index contributed by atoms with van der Waals surface area (Å²) >= 11 is 0. The number of aromatic nitrogens is 2. The number of nitriles is 1. The summed E-state index contributed by atoms with van der Waals surface area (Å²) in [5.74, 6) is 0. The van der Waals surface area contributed by atoms with Crippen LogP contribution in [0.2, 0.25) is 0 Å². The van der Waals surface area contributed by atoms with Crippen molar-refractivity contribution in [3.8, 4) is 17.3 Å². The maximum atomic E-state index is 9.12. The van der Waals surface area contributed by atoms with Gasteiger partial charge in [-0.1, -0.05) is 12.1 Å². The standard InChI is InChI=1S/C16H17N3O/c17-11-15-10-16(19(18-15)7-8-20)14-6-5-12-3-1-2-4-13(12)9-14/h5-6,9-10,20H,1-4,7-8H2. The van der Waals surface area contributed by atoms with Crippen molar-refractivity contribution in [2.24, 2.45) is 0 Å². The van der Waals surface area contributed by atoms with E-state index >= 15 is 0 Å². The third kappa shape index (κ3) is 2.33. The molecule has 0 fully saturated rings. The predicted molar refractivity (Wildman–Crippen MR) is 76.1 cm³/mol. The molecule has 20 heavy (non-hydrogen) atoms. The van der Waals surface area contributed by atoms with Gasteiger partial charge in [0.25, 0.3) is 0 Å². The normalized spacial score (nSPS) is 13.8. The highest BCUT2D eigenvalue weighted by Gasteiger charge is 2.13. The number of aryl methyl sites for hydroxylation is 2. The first-order chi connectivity index (χ1) is 9.81. The molecule has 1 heterocycles. The Hall–Kier alpha value is -2.12. The molecule has 4 heteroatoms. The summed E-state index contributed by atoms with van der Waals surface area (Å²) in [7, 11) is 0. The number of nitrogens with zero attached hydrogens (tertiary/aromatic N) is 3. The van der Waals surface area contributed by atoms with E-state index in [0.29, 0.717) is 12.2 Å². The monoisotopic (exact) mass is 267 g/mol. The van der Waals surface area contributed by atoms with Gasteiger partial charge in [0.05, 0.1) is 18.8 Å². The lowest BCUT2D eigenvalue weighted by Gasteiger charge is -2.16. The fraction of sp³-hybridized carbons (Fsp3) is 0.375. The molecule has 0 amide bonds. The molecular formula is C16H17N3O. The molecule has 1 aliphatic rings. The Morgan fingerprint density at radius 1 is 1.20 bits per heavy atom. The van der Waals surface area contributed by atoms with Crippen molar-refractivity contribution in [2.45, 2.75) is 32.2 Å². The minimum Gasteiger partial charge on any atom is -0.394 e. The van der Waals surface area contributed by atoms with Crippen molar-refractivity contribution in [1.82, 2.24) is 9.78 Å². The zero-order valence-electron chi connectivity index (χ0n) is 11.3. The van der Waals surface area contributed by atoms with Crippen molar-refractivity contribution in [2.75, 3.05) is 6.61 Å². The lowest BCUT2D eigenvalue weighted by molar-refractivity contribution is 0.270. The molecule has 0 saturated carbocycles. The third-order valence-electron chi connectivity index (χ3n) is 3.85. The van der Waals surface area contributed by atoms with E-state index < -0.39 is 0 Å². The van der Waals surface area contributed by atoms with Crippen LogP contribution in [0.15, 0.2) is 24.3 Å². The second-order valence-corrected chi connectivity index (χ2v) is 5.16. The number of aliphatic hydroxyl groups is 1. The molecule has 0 atom stereocenters. The predicted octanol–water partition coefficient (Wildman–Crippen LogP) is 2.29. The number of fused-ring (bicyclic) bond motifs is 1. The summed E-state index contributed by atoms with van der Waals surface area (Å²) in [6, 6.07) is 10.3. The zero-order valence-corrected chi connectivity index (χ0v) is 11.3. The van der Waals surface area contributed by atoms with E-state index in [2.05, 4.69) is 29.4 Å². The van der Waals surface area contributed by atoms with Crippen molar-refractivity contribution in [3.05, 3.63) is 41.1 Å². The number of aliphatic hydroxyl groups excluding tert-OH is 1. The Morgan fingerprint density at radius 3 is 2.75 bits per heavy atom. The van der Waals surface area contributed by atoms with Gasteiger partial charge in [-0.15, -0.1) is 0 Å². The van der Waals surface area contributed by atoms with Gasteiger partial charge in [0.15, 0.2) is 5.69 Å². The summed E-state index contributed by atoms with van der Waals surface area (Å²) < 4.78 is 1.71. The molecule has 0 saturated heterocycles. The SMILES string of the molecule is N#Cc1cc(-c2ccc3c(c2)CCCC3)n(CCO)n1. The highest BCUT2D eigenvalue weighted by Crippen LogP contribution is 2.28. The van der Waals surface area contributed by atoms with E-state index in [1.807, 2.05) is 0 Å². The van der Waals surface area contributed by atoms with Gasteiger partial charge in [0, 0.05) is 11.6 Å². The lowest BCUT2D eigenvalue weighted by atomic mass is 9.90. The van der Waals surface area contributed by atoms with Crippen molar-refractivity contribution >= 4 is 0 Å². The van der Waals surface area contributed by atoms with Gasteiger partial charge in [0.2, 0.25) is 0 Å². The lowest BCUT2D eigenvalue weighted by Crippen LogP contribution is -2.07. The summed E-state index contributed by atoms with van der Waals surface area (Å²) in [4.78, 5) is 0. The molecule has 0 bridgehead atoms.